The van der Waals surface area contributed by atoms with E-state index in [9.17, 15) is 14.4 Å². The molecule has 2 aromatic rings. The van der Waals surface area contributed by atoms with Crippen molar-refractivity contribution < 1.29 is 14.4 Å². The lowest BCUT2D eigenvalue weighted by molar-refractivity contribution is -0.146. The summed E-state index contributed by atoms with van der Waals surface area (Å²) in [5, 5.41) is 3.57. The number of carbonyl (C=O) groups excluding carboxylic acids is 3. The molecule has 1 aliphatic heterocycles. The van der Waals surface area contributed by atoms with Crippen LogP contribution < -0.4 is 5.32 Å². The Morgan fingerprint density at radius 1 is 0.970 bits per heavy atom. The number of hydrogen-bond donors (Lipinski definition) is 1. The molecule has 3 fully saturated rings. The van der Waals surface area contributed by atoms with E-state index in [1.807, 2.05) is 30.3 Å². The van der Waals surface area contributed by atoms with Crippen LogP contribution in [0.1, 0.15) is 12.0 Å². The van der Waals surface area contributed by atoms with E-state index in [4.69, 9.17) is 23.2 Å². The zero-order valence-electron chi connectivity index (χ0n) is 17.7. The average molecular weight is 481 g/mol. The van der Waals surface area contributed by atoms with Crippen molar-refractivity contribution in [1.82, 2.24) is 4.90 Å². The third kappa shape index (κ3) is 3.32. The van der Waals surface area contributed by atoms with Crippen LogP contribution in [0.5, 0.6) is 0 Å². The van der Waals surface area contributed by atoms with E-state index in [1.54, 1.807) is 18.2 Å². The van der Waals surface area contributed by atoms with Crippen molar-refractivity contribution in [3.63, 3.8) is 0 Å². The Bertz CT molecular complexity index is 1160. The molecule has 1 N–H and O–H groups in total. The van der Waals surface area contributed by atoms with Gasteiger partial charge in [-0.3, -0.25) is 19.3 Å². The SMILES string of the molecule is O=C(Nc1ccc(Cl)cc1Cl)[C@@H](Cc1ccccc1)N1C(=O)[C@@H]2[C@@H]3C=C[C@H]([C@H]4C[C@H]34)[C@@H]2C1=O. The van der Waals surface area contributed by atoms with Crippen molar-refractivity contribution in [3.05, 3.63) is 76.3 Å². The van der Waals surface area contributed by atoms with Crippen molar-refractivity contribution in [1.29, 1.82) is 0 Å². The van der Waals surface area contributed by atoms with Crippen LogP contribution in [-0.4, -0.2) is 28.7 Å². The fourth-order valence-electron chi connectivity index (χ4n) is 6.23. The van der Waals surface area contributed by atoms with Gasteiger partial charge in [0.1, 0.15) is 6.04 Å². The molecule has 5 nitrogen and oxygen atoms in total. The van der Waals surface area contributed by atoms with Gasteiger partial charge in [-0.25, -0.2) is 0 Å². The molecular weight excluding hydrogens is 459 g/mol. The molecule has 2 saturated carbocycles. The Morgan fingerprint density at radius 2 is 1.61 bits per heavy atom. The molecule has 2 bridgehead atoms. The Hall–Kier alpha value is -2.63. The van der Waals surface area contributed by atoms with Gasteiger partial charge in [-0.05, 0) is 53.9 Å². The number of nitrogens with one attached hydrogen (secondary N) is 1. The number of likely N-dealkylation sites (tertiary alicyclic amines) is 1. The summed E-state index contributed by atoms with van der Waals surface area (Å²) < 4.78 is 0. The van der Waals surface area contributed by atoms with Gasteiger partial charge in [0.25, 0.3) is 0 Å². The highest BCUT2D eigenvalue weighted by Crippen LogP contribution is 2.65. The van der Waals surface area contributed by atoms with E-state index in [2.05, 4.69) is 17.5 Å². The molecule has 0 spiro atoms. The average Bonchev–Trinajstić information content (AvgIpc) is 3.59. The van der Waals surface area contributed by atoms with Gasteiger partial charge >= 0.3 is 0 Å². The van der Waals surface area contributed by atoms with Gasteiger partial charge in [-0.15, -0.1) is 0 Å². The summed E-state index contributed by atoms with van der Waals surface area (Å²) >= 11 is 12.3. The molecule has 1 saturated heterocycles. The van der Waals surface area contributed by atoms with Gasteiger partial charge in [0.15, 0.2) is 0 Å². The minimum Gasteiger partial charge on any atom is -0.323 e. The van der Waals surface area contributed by atoms with Crippen LogP contribution in [0.2, 0.25) is 10.0 Å². The zero-order valence-corrected chi connectivity index (χ0v) is 19.2. The van der Waals surface area contributed by atoms with E-state index in [0.717, 1.165) is 12.0 Å². The van der Waals surface area contributed by atoms with E-state index in [1.165, 1.54) is 4.90 Å². The van der Waals surface area contributed by atoms with E-state index in [0.29, 0.717) is 27.6 Å². The summed E-state index contributed by atoms with van der Waals surface area (Å²) in [5.74, 6) is -0.326. The van der Waals surface area contributed by atoms with E-state index >= 15 is 0 Å². The van der Waals surface area contributed by atoms with Gasteiger partial charge in [0, 0.05) is 11.4 Å². The van der Waals surface area contributed by atoms with Crippen molar-refractivity contribution in [2.75, 3.05) is 5.32 Å². The van der Waals surface area contributed by atoms with Crippen LogP contribution in [0.3, 0.4) is 0 Å². The number of rotatable bonds is 5. The van der Waals surface area contributed by atoms with E-state index in [-0.39, 0.29) is 41.9 Å². The maximum absolute atomic E-state index is 13.7. The second kappa shape index (κ2) is 7.71. The summed E-state index contributed by atoms with van der Waals surface area (Å²) in [6.07, 6.45) is 5.60. The first-order chi connectivity index (χ1) is 15.9. The zero-order chi connectivity index (χ0) is 22.9. The fraction of sp³-hybridized carbons (Fsp3) is 0.346. The van der Waals surface area contributed by atoms with Gasteiger partial charge < -0.3 is 5.32 Å². The lowest BCUT2D eigenvalue weighted by Gasteiger charge is -2.37. The summed E-state index contributed by atoms with van der Waals surface area (Å²) in [7, 11) is 0. The number of amides is 3. The molecule has 7 heteroatoms. The number of nitrogens with zero attached hydrogens (tertiary/aromatic N) is 1. The highest BCUT2D eigenvalue weighted by atomic mass is 35.5. The molecule has 3 amide bonds. The summed E-state index contributed by atoms with van der Waals surface area (Å²) in [4.78, 5) is 42.1. The molecule has 7 rings (SSSR count). The largest absolute Gasteiger partial charge is 0.323 e. The predicted octanol–water partition coefficient (Wildman–Crippen LogP) is 4.60. The molecule has 33 heavy (non-hydrogen) atoms. The summed E-state index contributed by atoms with van der Waals surface area (Å²) in [5.41, 5.74) is 1.27. The van der Waals surface area contributed by atoms with Crippen molar-refractivity contribution in [2.24, 2.45) is 35.5 Å². The minimum absolute atomic E-state index is 0.109. The summed E-state index contributed by atoms with van der Waals surface area (Å²) in [6, 6.07) is 13.3. The smallest absolute Gasteiger partial charge is 0.248 e. The first-order valence-corrected chi connectivity index (χ1v) is 12.0. The number of carbonyl (C=O) groups is 3. The Morgan fingerprint density at radius 3 is 2.21 bits per heavy atom. The first-order valence-electron chi connectivity index (χ1n) is 11.3. The van der Waals surface area contributed by atoms with Crippen molar-refractivity contribution >= 4 is 46.6 Å². The van der Waals surface area contributed by atoms with Crippen molar-refractivity contribution in [2.45, 2.75) is 18.9 Å². The van der Waals surface area contributed by atoms with Crippen LogP contribution >= 0.6 is 23.2 Å². The van der Waals surface area contributed by atoms with Gasteiger partial charge in [0.05, 0.1) is 22.5 Å². The standard InChI is InChI=1S/C26H22Cl2N2O3/c27-14-6-9-20(19(28)11-14)29-24(31)21(10-13-4-2-1-3-5-13)30-25(32)22-15-7-8-16(18-12-17(15)18)23(22)26(30)33/h1-9,11,15-18,21-23H,10,12H2,(H,29,31)/t15-,16-,17-,18-,21-,22-,23+/m1/s1. The molecular formula is C26H22Cl2N2O3. The molecule has 0 unspecified atom stereocenters. The third-order valence-electron chi connectivity index (χ3n) is 7.77. The maximum Gasteiger partial charge on any atom is 0.248 e. The first kappa shape index (κ1) is 20.9. The fourth-order valence-corrected chi connectivity index (χ4v) is 6.69. The Kier molecular flexibility index (Phi) is 4.89. The molecule has 5 aliphatic rings. The lowest BCUT2D eigenvalue weighted by Crippen LogP contribution is -2.49. The monoisotopic (exact) mass is 480 g/mol. The number of imide groups is 1. The predicted molar refractivity (Wildman–Crippen MR) is 126 cm³/mol. The molecule has 2 aromatic carbocycles. The van der Waals surface area contributed by atoms with Crippen LogP contribution in [0.15, 0.2) is 60.7 Å². The molecule has 1 heterocycles. The maximum atomic E-state index is 13.7. The Labute approximate surface area is 201 Å². The highest BCUT2D eigenvalue weighted by Gasteiger charge is 2.67. The Balaban J connectivity index is 1.34. The minimum atomic E-state index is -0.958. The number of halogens is 2. The quantitative estimate of drug-likeness (QED) is 0.502. The summed E-state index contributed by atoms with van der Waals surface area (Å²) in [6.45, 7) is 0. The van der Waals surface area contributed by atoms with Gasteiger partial charge in [-0.1, -0.05) is 65.7 Å². The molecule has 0 aromatic heterocycles. The number of hydrogen-bond acceptors (Lipinski definition) is 3. The van der Waals surface area contributed by atoms with E-state index < -0.39 is 11.9 Å². The normalized spacial score (nSPS) is 31.9. The van der Waals surface area contributed by atoms with Gasteiger partial charge in [0.2, 0.25) is 17.7 Å². The molecule has 168 valence electrons. The molecule has 0 radical (unpaired) electrons. The number of anilines is 1. The lowest BCUT2D eigenvalue weighted by atomic mass is 9.63. The highest BCUT2D eigenvalue weighted by molar-refractivity contribution is 6.36. The van der Waals surface area contributed by atoms with Crippen molar-refractivity contribution in [3.8, 4) is 0 Å². The number of allylic oxidation sites excluding steroid dienone is 2. The number of benzene rings is 2. The third-order valence-corrected chi connectivity index (χ3v) is 8.32. The van der Waals surface area contributed by atoms with Gasteiger partial charge in [-0.2, -0.15) is 0 Å². The van der Waals surface area contributed by atoms with Crippen LogP contribution in [-0.2, 0) is 20.8 Å². The second-order valence-electron chi connectivity index (χ2n) is 9.52. The van der Waals surface area contributed by atoms with Crippen LogP contribution in [0, 0.1) is 35.5 Å². The molecule has 7 atom stereocenters. The van der Waals surface area contributed by atoms with Crippen LogP contribution in [0.4, 0.5) is 5.69 Å². The van der Waals surface area contributed by atoms with Crippen LogP contribution in [0.25, 0.3) is 0 Å². The topological polar surface area (TPSA) is 66.5 Å². The molecule has 4 aliphatic carbocycles. The second-order valence-corrected chi connectivity index (χ2v) is 10.4.